The third-order valence-electron chi connectivity index (χ3n) is 5.12. The second kappa shape index (κ2) is 9.53. The summed E-state index contributed by atoms with van der Waals surface area (Å²) in [6, 6.07) is 8.73. The highest BCUT2D eigenvalue weighted by Crippen LogP contribution is 2.36. The van der Waals surface area contributed by atoms with Crippen LogP contribution in [0.15, 0.2) is 47.9 Å². The van der Waals surface area contributed by atoms with Gasteiger partial charge in [-0.05, 0) is 30.5 Å². The van der Waals surface area contributed by atoms with E-state index in [1.165, 1.54) is 35.9 Å². The molecule has 1 aliphatic heterocycles. The molecule has 1 saturated heterocycles. The van der Waals surface area contributed by atoms with Crippen molar-refractivity contribution in [1.29, 1.82) is 5.26 Å². The average Bonchev–Trinajstić information content (AvgIpc) is 3.48. The largest absolute Gasteiger partial charge is 0.404 e. The number of hydrogen-bond donors (Lipinski definition) is 2. The SMILES string of the molecule is CN=CC(=CN)c1ncc(N2CCCC2c2ccc(F)cc2)nc1Nc1ncc(C#N)s1. The smallest absolute Gasteiger partial charge is 0.189 e. The van der Waals surface area contributed by atoms with E-state index in [-0.39, 0.29) is 11.9 Å². The van der Waals surface area contributed by atoms with Gasteiger partial charge in [0.15, 0.2) is 10.9 Å². The Morgan fingerprint density at radius 1 is 1.34 bits per heavy atom. The van der Waals surface area contributed by atoms with Gasteiger partial charge in [-0.1, -0.05) is 23.5 Å². The molecule has 3 heterocycles. The molecule has 1 aromatic carbocycles. The van der Waals surface area contributed by atoms with Crippen LogP contribution in [0.1, 0.15) is 35.0 Å². The fraction of sp³-hybridized carbons (Fsp3) is 0.227. The Morgan fingerprint density at radius 2 is 2.16 bits per heavy atom. The van der Waals surface area contributed by atoms with Crippen molar-refractivity contribution < 1.29 is 4.39 Å². The number of allylic oxidation sites excluding steroid dienone is 1. The van der Waals surface area contributed by atoms with Gasteiger partial charge < -0.3 is 16.0 Å². The number of rotatable bonds is 6. The molecule has 162 valence electrons. The van der Waals surface area contributed by atoms with E-state index in [9.17, 15) is 4.39 Å². The Morgan fingerprint density at radius 3 is 2.84 bits per heavy atom. The van der Waals surface area contributed by atoms with Gasteiger partial charge in [0, 0.05) is 31.6 Å². The number of nitriles is 1. The van der Waals surface area contributed by atoms with Gasteiger partial charge in [0.2, 0.25) is 0 Å². The predicted molar refractivity (Wildman–Crippen MR) is 124 cm³/mol. The van der Waals surface area contributed by atoms with Gasteiger partial charge in [-0.2, -0.15) is 5.26 Å². The molecule has 8 nitrogen and oxygen atoms in total. The molecule has 4 rings (SSSR count). The molecule has 1 aliphatic rings. The average molecular weight is 449 g/mol. The quantitative estimate of drug-likeness (QED) is 0.547. The van der Waals surface area contributed by atoms with Crippen molar-refractivity contribution in [2.24, 2.45) is 10.7 Å². The van der Waals surface area contributed by atoms with Crippen molar-refractivity contribution in [2.45, 2.75) is 18.9 Å². The summed E-state index contributed by atoms with van der Waals surface area (Å²) in [6.07, 6.45) is 8.16. The molecule has 0 spiro atoms. The maximum absolute atomic E-state index is 13.4. The van der Waals surface area contributed by atoms with Crippen LogP contribution in [0.2, 0.25) is 0 Å². The Kier molecular flexibility index (Phi) is 6.37. The molecule has 0 radical (unpaired) electrons. The van der Waals surface area contributed by atoms with Gasteiger partial charge in [-0.25, -0.2) is 19.3 Å². The molecular weight excluding hydrogens is 427 g/mol. The third kappa shape index (κ3) is 4.43. The second-order valence-corrected chi connectivity index (χ2v) is 8.13. The molecule has 2 aromatic heterocycles. The normalized spacial score (nSPS) is 16.5. The first kappa shape index (κ1) is 21.4. The summed E-state index contributed by atoms with van der Waals surface area (Å²) in [5.74, 6) is 0.889. The Bertz CT molecular complexity index is 1200. The van der Waals surface area contributed by atoms with Crippen LogP contribution in [-0.2, 0) is 0 Å². The molecule has 0 saturated carbocycles. The topological polar surface area (TPSA) is 116 Å². The number of nitrogens with one attached hydrogen (secondary N) is 1. The number of aromatic nitrogens is 3. The van der Waals surface area contributed by atoms with Crippen LogP contribution in [0.3, 0.4) is 0 Å². The lowest BCUT2D eigenvalue weighted by Crippen LogP contribution is -2.24. The lowest BCUT2D eigenvalue weighted by Gasteiger charge is -2.26. The van der Waals surface area contributed by atoms with E-state index in [1.54, 1.807) is 19.5 Å². The molecule has 0 aliphatic carbocycles. The minimum absolute atomic E-state index is 0.0791. The zero-order valence-electron chi connectivity index (χ0n) is 17.4. The number of thiazole rings is 1. The van der Waals surface area contributed by atoms with E-state index in [1.807, 2.05) is 12.1 Å². The lowest BCUT2D eigenvalue weighted by molar-refractivity contribution is 0.624. The van der Waals surface area contributed by atoms with E-state index in [2.05, 4.69) is 31.2 Å². The molecular formula is C22H21FN8S. The van der Waals surface area contributed by atoms with Crippen LogP contribution in [0, 0.1) is 17.1 Å². The zero-order chi connectivity index (χ0) is 22.5. The van der Waals surface area contributed by atoms with Crippen molar-refractivity contribution in [3.63, 3.8) is 0 Å². The summed E-state index contributed by atoms with van der Waals surface area (Å²) in [4.78, 5) is 20.4. The van der Waals surface area contributed by atoms with Gasteiger partial charge >= 0.3 is 0 Å². The maximum Gasteiger partial charge on any atom is 0.189 e. The van der Waals surface area contributed by atoms with Gasteiger partial charge in [0.25, 0.3) is 0 Å². The van der Waals surface area contributed by atoms with Gasteiger partial charge in [0.05, 0.1) is 18.4 Å². The summed E-state index contributed by atoms with van der Waals surface area (Å²) in [6.45, 7) is 0.807. The number of hydrogen-bond acceptors (Lipinski definition) is 9. The minimum atomic E-state index is -0.257. The van der Waals surface area contributed by atoms with Gasteiger partial charge in [-0.3, -0.25) is 4.99 Å². The first-order valence-corrected chi connectivity index (χ1v) is 10.8. The first-order chi connectivity index (χ1) is 15.6. The summed E-state index contributed by atoms with van der Waals surface area (Å²) in [7, 11) is 1.65. The van der Waals surface area contributed by atoms with E-state index < -0.39 is 0 Å². The van der Waals surface area contributed by atoms with Crippen LogP contribution < -0.4 is 16.0 Å². The van der Waals surface area contributed by atoms with Crippen LogP contribution in [0.25, 0.3) is 5.57 Å². The van der Waals surface area contributed by atoms with Crippen LogP contribution in [0.4, 0.5) is 21.2 Å². The number of nitrogens with two attached hydrogens (primary N) is 1. The van der Waals surface area contributed by atoms with E-state index in [0.717, 1.165) is 24.9 Å². The molecule has 1 unspecified atom stereocenters. The van der Waals surface area contributed by atoms with Crippen LogP contribution >= 0.6 is 11.3 Å². The summed E-state index contributed by atoms with van der Waals surface area (Å²) >= 11 is 1.22. The monoisotopic (exact) mass is 448 g/mol. The molecule has 3 aromatic rings. The Balaban J connectivity index is 1.73. The van der Waals surface area contributed by atoms with Crippen molar-refractivity contribution in [3.05, 3.63) is 64.8 Å². The highest BCUT2D eigenvalue weighted by molar-refractivity contribution is 7.16. The van der Waals surface area contributed by atoms with E-state index in [0.29, 0.717) is 32.9 Å². The predicted octanol–water partition coefficient (Wildman–Crippen LogP) is 4.03. The summed E-state index contributed by atoms with van der Waals surface area (Å²) < 4.78 is 13.4. The number of halogens is 1. The fourth-order valence-electron chi connectivity index (χ4n) is 3.70. The summed E-state index contributed by atoms with van der Waals surface area (Å²) in [5, 5.41) is 12.8. The number of anilines is 3. The number of nitrogens with zero attached hydrogens (tertiary/aromatic N) is 6. The molecule has 10 heteroatoms. The number of benzene rings is 1. The number of aliphatic imine (C=N–C) groups is 1. The maximum atomic E-state index is 13.4. The molecule has 1 atom stereocenters. The Labute approximate surface area is 189 Å². The second-order valence-electron chi connectivity index (χ2n) is 7.10. The van der Waals surface area contributed by atoms with Crippen LogP contribution in [0.5, 0.6) is 0 Å². The van der Waals surface area contributed by atoms with Crippen LogP contribution in [-0.4, -0.2) is 34.8 Å². The van der Waals surface area contributed by atoms with E-state index >= 15 is 0 Å². The van der Waals surface area contributed by atoms with Crippen molar-refractivity contribution in [1.82, 2.24) is 15.0 Å². The van der Waals surface area contributed by atoms with Gasteiger partial charge in [-0.15, -0.1) is 0 Å². The standard InChI is InChI=1S/C22H21FN8S/c1-26-11-15(9-24)20-21(30-22-28-12-17(10-25)32-22)29-19(13-27-20)31-8-2-3-18(31)14-4-6-16(23)7-5-14/h4-7,9,11-13,18H,2-3,8,24H2,1H3,(H,28,29,30). The molecule has 0 bridgehead atoms. The van der Waals surface area contributed by atoms with Crippen molar-refractivity contribution in [2.75, 3.05) is 23.8 Å². The molecule has 3 N–H and O–H groups in total. The highest BCUT2D eigenvalue weighted by atomic mass is 32.1. The molecule has 0 amide bonds. The molecule has 1 fully saturated rings. The Hall–Kier alpha value is -3.84. The van der Waals surface area contributed by atoms with Crippen molar-refractivity contribution >= 4 is 39.9 Å². The fourth-order valence-corrected chi connectivity index (χ4v) is 4.31. The minimum Gasteiger partial charge on any atom is -0.404 e. The summed E-state index contributed by atoms with van der Waals surface area (Å²) in [5.41, 5.74) is 7.96. The molecule has 32 heavy (non-hydrogen) atoms. The highest BCUT2D eigenvalue weighted by Gasteiger charge is 2.28. The van der Waals surface area contributed by atoms with Crippen molar-refractivity contribution in [3.8, 4) is 6.07 Å². The lowest BCUT2D eigenvalue weighted by atomic mass is 10.0. The third-order valence-corrected chi connectivity index (χ3v) is 5.94. The first-order valence-electron chi connectivity index (χ1n) is 9.99. The van der Waals surface area contributed by atoms with E-state index in [4.69, 9.17) is 16.0 Å². The van der Waals surface area contributed by atoms with Gasteiger partial charge in [0.1, 0.15) is 28.3 Å². The zero-order valence-corrected chi connectivity index (χ0v) is 18.2.